The summed E-state index contributed by atoms with van der Waals surface area (Å²) in [5.74, 6) is -1.77. The van der Waals surface area contributed by atoms with Crippen LogP contribution in [0, 0.1) is 18.6 Å². The van der Waals surface area contributed by atoms with Crippen molar-refractivity contribution in [3.05, 3.63) is 40.7 Å². The minimum atomic E-state index is -0.909. The van der Waals surface area contributed by atoms with Crippen LogP contribution in [0.2, 0.25) is 5.15 Å². The Labute approximate surface area is 114 Å². The lowest BCUT2D eigenvalue weighted by Gasteiger charge is -2.04. The van der Waals surface area contributed by atoms with E-state index in [0.29, 0.717) is 18.7 Å². The van der Waals surface area contributed by atoms with Gasteiger partial charge in [0.1, 0.15) is 0 Å². The number of rotatable bonds is 4. The van der Waals surface area contributed by atoms with E-state index in [0.717, 1.165) is 0 Å². The molecule has 0 amide bonds. The van der Waals surface area contributed by atoms with E-state index in [1.165, 1.54) is 19.1 Å². The van der Waals surface area contributed by atoms with Gasteiger partial charge in [-0.2, -0.15) is 5.10 Å². The minimum Gasteiger partial charge on any atom is -0.383 e. The molecule has 3 nitrogen and oxygen atoms in total. The van der Waals surface area contributed by atoms with Crippen LogP contribution in [0.25, 0.3) is 11.1 Å². The first kappa shape index (κ1) is 14.0. The van der Waals surface area contributed by atoms with Crippen molar-refractivity contribution in [2.24, 2.45) is 0 Å². The second kappa shape index (κ2) is 5.67. The second-order valence-electron chi connectivity index (χ2n) is 4.15. The highest BCUT2D eigenvalue weighted by atomic mass is 35.5. The van der Waals surface area contributed by atoms with Crippen molar-refractivity contribution in [2.75, 3.05) is 13.7 Å². The van der Waals surface area contributed by atoms with Crippen molar-refractivity contribution < 1.29 is 13.5 Å². The fourth-order valence-corrected chi connectivity index (χ4v) is 1.98. The van der Waals surface area contributed by atoms with Crippen molar-refractivity contribution >= 4 is 11.6 Å². The van der Waals surface area contributed by atoms with Gasteiger partial charge < -0.3 is 4.74 Å². The molecule has 0 bridgehead atoms. The first-order valence-electron chi connectivity index (χ1n) is 5.71. The maximum atomic E-state index is 13.9. The average Bonchev–Trinajstić information content (AvgIpc) is 2.75. The van der Waals surface area contributed by atoms with Gasteiger partial charge in [0.05, 0.1) is 13.2 Å². The summed E-state index contributed by atoms with van der Waals surface area (Å²) in [6.45, 7) is 2.46. The van der Waals surface area contributed by atoms with E-state index in [9.17, 15) is 8.78 Å². The van der Waals surface area contributed by atoms with E-state index in [1.54, 1.807) is 18.0 Å². The van der Waals surface area contributed by atoms with Crippen molar-refractivity contribution in [3.8, 4) is 11.1 Å². The maximum Gasteiger partial charge on any atom is 0.167 e. The molecule has 6 heteroatoms. The molecule has 102 valence electrons. The van der Waals surface area contributed by atoms with Crippen LogP contribution in [0.4, 0.5) is 8.78 Å². The molecule has 1 aromatic heterocycles. The number of methoxy groups -OCH3 is 1. The van der Waals surface area contributed by atoms with Gasteiger partial charge in [-0.15, -0.1) is 0 Å². The number of aromatic nitrogens is 2. The molecule has 0 aliphatic carbocycles. The molecule has 0 fully saturated rings. The Morgan fingerprint density at radius 1 is 1.26 bits per heavy atom. The molecule has 19 heavy (non-hydrogen) atoms. The van der Waals surface area contributed by atoms with Crippen molar-refractivity contribution in [1.82, 2.24) is 9.78 Å². The Bertz CT molecular complexity index is 599. The fraction of sp³-hybridized carbons (Fsp3) is 0.308. The molecular formula is C13H13ClF2N2O. The van der Waals surface area contributed by atoms with Gasteiger partial charge in [0, 0.05) is 24.4 Å². The maximum absolute atomic E-state index is 13.9. The first-order valence-corrected chi connectivity index (χ1v) is 6.09. The molecule has 0 radical (unpaired) electrons. The molecule has 0 N–H and O–H groups in total. The zero-order valence-corrected chi connectivity index (χ0v) is 11.3. The van der Waals surface area contributed by atoms with Gasteiger partial charge in [0.2, 0.25) is 0 Å². The van der Waals surface area contributed by atoms with E-state index >= 15 is 0 Å². The number of nitrogens with zero attached hydrogens (tertiary/aromatic N) is 2. The summed E-state index contributed by atoms with van der Waals surface area (Å²) in [4.78, 5) is 0. The molecule has 1 aromatic carbocycles. The second-order valence-corrected chi connectivity index (χ2v) is 4.51. The molecule has 1 heterocycles. The lowest BCUT2D eigenvalue weighted by Crippen LogP contribution is -2.04. The quantitative estimate of drug-likeness (QED) is 0.861. The number of benzene rings is 1. The summed E-state index contributed by atoms with van der Waals surface area (Å²) in [7, 11) is 1.57. The number of aryl methyl sites for hydroxylation is 1. The van der Waals surface area contributed by atoms with E-state index in [2.05, 4.69) is 5.10 Å². The minimum absolute atomic E-state index is 0.108. The van der Waals surface area contributed by atoms with Crippen molar-refractivity contribution in [2.45, 2.75) is 13.5 Å². The van der Waals surface area contributed by atoms with Crippen LogP contribution in [0.5, 0.6) is 0 Å². The molecule has 0 spiro atoms. The molecule has 2 rings (SSSR count). The highest BCUT2D eigenvalue weighted by molar-refractivity contribution is 6.32. The van der Waals surface area contributed by atoms with Crippen LogP contribution < -0.4 is 0 Å². The van der Waals surface area contributed by atoms with Crippen LogP contribution in [0.1, 0.15) is 5.56 Å². The lowest BCUT2D eigenvalue weighted by atomic mass is 10.1. The largest absolute Gasteiger partial charge is 0.383 e. The first-order chi connectivity index (χ1) is 9.04. The van der Waals surface area contributed by atoms with Crippen LogP contribution in [-0.2, 0) is 11.3 Å². The number of halogens is 3. The number of ether oxygens (including phenoxy) is 1. The third kappa shape index (κ3) is 2.77. The summed E-state index contributed by atoms with van der Waals surface area (Å²) in [5.41, 5.74) is 0.732. The highest BCUT2D eigenvalue weighted by Crippen LogP contribution is 2.30. The molecule has 0 saturated heterocycles. The van der Waals surface area contributed by atoms with Crippen LogP contribution in [0.15, 0.2) is 18.3 Å². The SMILES string of the molecule is COCCn1cc(-c2ccc(C)c(F)c2F)c(Cl)n1. The lowest BCUT2D eigenvalue weighted by molar-refractivity contribution is 0.183. The zero-order chi connectivity index (χ0) is 14.0. The Hall–Kier alpha value is -1.46. The Morgan fingerprint density at radius 2 is 2.00 bits per heavy atom. The summed E-state index contributed by atoms with van der Waals surface area (Å²) in [5, 5.41) is 4.17. The van der Waals surface area contributed by atoms with Crippen molar-refractivity contribution in [3.63, 3.8) is 0 Å². The fourth-order valence-electron chi connectivity index (χ4n) is 1.73. The van der Waals surface area contributed by atoms with Gasteiger partial charge in [-0.1, -0.05) is 23.7 Å². The normalized spacial score (nSPS) is 11.0. The van der Waals surface area contributed by atoms with Gasteiger partial charge in [-0.05, 0) is 12.5 Å². The molecule has 0 aliphatic rings. The predicted molar refractivity (Wildman–Crippen MR) is 69.2 cm³/mol. The van der Waals surface area contributed by atoms with E-state index in [1.807, 2.05) is 0 Å². The number of hydrogen-bond donors (Lipinski definition) is 0. The summed E-state index contributed by atoms with van der Waals surface area (Å²) in [6.07, 6.45) is 1.58. The van der Waals surface area contributed by atoms with Crippen LogP contribution in [-0.4, -0.2) is 23.5 Å². The molecule has 0 unspecified atom stereocenters. The Morgan fingerprint density at radius 3 is 2.68 bits per heavy atom. The van der Waals surface area contributed by atoms with Gasteiger partial charge in [0.25, 0.3) is 0 Å². The van der Waals surface area contributed by atoms with E-state index in [-0.39, 0.29) is 16.3 Å². The molecular weight excluding hydrogens is 274 g/mol. The third-order valence-corrected chi connectivity index (χ3v) is 3.09. The molecule has 2 aromatic rings. The van der Waals surface area contributed by atoms with Crippen LogP contribution in [0.3, 0.4) is 0 Å². The van der Waals surface area contributed by atoms with Gasteiger partial charge in [-0.3, -0.25) is 4.68 Å². The van der Waals surface area contributed by atoms with Gasteiger partial charge in [0.15, 0.2) is 16.8 Å². The topological polar surface area (TPSA) is 27.1 Å². The Balaban J connectivity index is 2.42. The molecule has 0 saturated carbocycles. The molecule has 0 aliphatic heterocycles. The van der Waals surface area contributed by atoms with E-state index in [4.69, 9.17) is 16.3 Å². The summed E-state index contributed by atoms with van der Waals surface area (Å²) >= 11 is 5.96. The van der Waals surface area contributed by atoms with E-state index < -0.39 is 11.6 Å². The average molecular weight is 287 g/mol. The van der Waals surface area contributed by atoms with Crippen LogP contribution >= 0.6 is 11.6 Å². The van der Waals surface area contributed by atoms with Gasteiger partial charge in [-0.25, -0.2) is 8.78 Å². The smallest absolute Gasteiger partial charge is 0.167 e. The number of hydrogen-bond acceptors (Lipinski definition) is 2. The Kier molecular flexibility index (Phi) is 4.17. The highest BCUT2D eigenvalue weighted by Gasteiger charge is 2.17. The van der Waals surface area contributed by atoms with Crippen molar-refractivity contribution in [1.29, 1.82) is 0 Å². The molecule has 0 atom stereocenters. The standard InChI is InChI=1S/C13H13ClF2N2O/c1-8-3-4-9(12(16)11(8)15)10-7-18(5-6-19-2)17-13(10)14/h3-4,7H,5-6H2,1-2H3. The monoisotopic (exact) mass is 286 g/mol. The summed E-state index contributed by atoms with van der Waals surface area (Å²) in [6, 6.07) is 3.01. The third-order valence-electron chi connectivity index (χ3n) is 2.81. The predicted octanol–water partition coefficient (Wildman–Crippen LogP) is 3.44. The summed E-state index contributed by atoms with van der Waals surface area (Å²) < 4.78 is 33.9. The van der Waals surface area contributed by atoms with Gasteiger partial charge >= 0.3 is 0 Å². The zero-order valence-electron chi connectivity index (χ0n) is 10.6.